The van der Waals surface area contributed by atoms with E-state index in [2.05, 4.69) is 21.7 Å². The molecule has 3 aromatic rings. The standard InChI is InChI=1S/C22H27N3O4S.HI/c1-23-22(24-12-14-9-17(27-2)21(29-4)18(10-14)28-3)25-13-16(26)20-11-15-7-5-6-8-19(15)30-20;/h5-11,16,26H,12-13H2,1-4H3,(H2,23,24,25);1H. The van der Waals surface area contributed by atoms with Crippen LogP contribution in [0, 0.1) is 0 Å². The van der Waals surface area contributed by atoms with E-state index < -0.39 is 6.10 Å². The molecule has 3 N–H and O–H groups in total. The van der Waals surface area contributed by atoms with E-state index in [-0.39, 0.29) is 24.0 Å². The Morgan fingerprint density at radius 2 is 1.71 bits per heavy atom. The molecule has 0 aliphatic rings. The maximum atomic E-state index is 10.6. The van der Waals surface area contributed by atoms with Gasteiger partial charge in [-0.1, -0.05) is 18.2 Å². The zero-order valence-electron chi connectivity index (χ0n) is 18.0. The van der Waals surface area contributed by atoms with Crippen molar-refractivity contribution < 1.29 is 19.3 Å². The number of aliphatic hydroxyl groups excluding tert-OH is 1. The predicted octanol–water partition coefficient (Wildman–Crippen LogP) is 3.94. The third-order valence-electron chi connectivity index (χ3n) is 4.64. The first kappa shape index (κ1) is 25.0. The van der Waals surface area contributed by atoms with E-state index in [9.17, 15) is 5.11 Å². The molecule has 0 aliphatic carbocycles. The van der Waals surface area contributed by atoms with Gasteiger partial charge in [-0.05, 0) is 35.2 Å². The molecule has 0 spiro atoms. The molecule has 1 aromatic heterocycles. The summed E-state index contributed by atoms with van der Waals surface area (Å²) in [5.41, 5.74) is 0.942. The molecule has 0 bridgehead atoms. The van der Waals surface area contributed by atoms with E-state index in [1.807, 2.05) is 36.4 Å². The number of aliphatic hydroxyl groups is 1. The van der Waals surface area contributed by atoms with E-state index >= 15 is 0 Å². The van der Waals surface area contributed by atoms with Gasteiger partial charge in [0.1, 0.15) is 6.10 Å². The third kappa shape index (κ3) is 6.14. The Labute approximate surface area is 203 Å². The van der Waals surface area contributed by atoms with Gasteiger partial charge >= 0.3 is 0 Å². The Morgan fingerprint density at radius 1 is 1.03 bits per heavy atom. The monoisotopic (exact) mass is 557 g/mol. The minimum absolute atomic E-state index is 0. The second-order valence-corrected chi connectivity index (χ2v) is 7.66. The summed E-state index contributed by atoms with van der Waals surface area (Å²) in [6.07, 6.45) is -0.623. The normalized spacial score (nSPS) is 12.1. The number of aliphatic imine (C=N–C) groups is 1. The highest BCUT2D eigenvalue weighted by molar-refractivity contribution is 14.0. The average molecular weight is 557 g/mol. The fourth-order valence-corrected chi connectivity index (χ4v) is 4.16. The molecule has 0 fully saturated rings. The minimum Gasteiger partial charge on any atom is -0.493 e. The second-order valence-electron chi connectivity index (χ2n) is 6.54. The summed E-state index contributed by atoms with van der Waals surface area (Å²) in [5, 5.41) is 18.1. The molecule has 0 radical (unpaired) electrons. The molecular formula is C22H28IN3O4S. The van der Waals surface area contributed by atoms with E-state index in [1.165, 1.54) is 0 Å². The summed E-state index contributed by atoms with van der Waals surface area (Å²) in [4.78, 5) is 5.15. The van der Waals surface area contributed by atoms with Gasteiger partial charge in [-0.2, -0.15) is 0 Å². The van der Waals surface area contributed by atoms with Crippen molar-refractivity contribution in [2.45, 2.75) is 12.6 Å². The summed E-state index contributed by atoms with van der Waals surface area (Å²) in [7, 11) is 6.44. The Kier molecular flexibility index (Phi) is 9.66. The average Bonchev–Trinajstić information content (AvgIpc) is 3.22. The van der Waals surface area contributed by atoms with Crippen molar-refractivity contribution in [3.8, 4) is 17.2 Å². The maximum Gasteiger partial charge on any atom is 0.203 e. The number of rotatable bonds is 8. The first-order chi connectivity index (χ1) is 14.6. The van der Waals surface area contributed by atoms with Gasteiger partial charge in [0, 0.05) is 29.7 Å². The zero-order valence-corrected chi connectivity index (χ0v) is 21.1. The molecule has 0 saturated carbocycles. The van der Waals surface area contributed by atoms with Crippen LogP contribution in [0.3, 0.4) is 0 Å². The summed E-state index contributed by atoms with van der Waals surface area (Å²) in [6, 6.07) is 13.9. The van der Waals surface area contributed by atoms with Crippen LogP contribution in [-0.4, -0.2) is 46.0 Å². The van der Waals surface area contributed by atoms with Crippen LogP contribution in [0.2, 0.25) is 0 Å². The van der Waals surface area contributed by atoms with Gasteiger partial charge in [0.05, 0.1) is 21.3 Å². The molecule has 2 aromatic carbocycles. The molecule has 1 atom stereocenters. The van der Waals surface area contributed by atoms with Crippen molar-refractivity contribution in [1.82, 2.24) is 10.6 Å². The molecule has 0 aliphatic heterocycles. The Balaban J connectivity index is 0.00000341. The number of hydrogen-bond donors (Lipinski definition) is 3. The fourth-order valence-electron chi connectivity index (χ4n) is 3.10. The van der Waals surface area contributed by atoms with Crippen LogP contribution in [-0.2, 0) is 6.54 Å². The van der Waals surface area contributed by atoms with Gasteiger partial charge in [0.15, 0.2) is 17.5 Å². The number of hydrogen-bond acceptors (Lipinski definition) is 6. The van der Waals surface area contributed by atoms with Crippen molar-refractivity contribution >= 4 is 51.4 Å². The predicted molar refractivity (Wildman–Crippen MR) is 136 cm³/mol. The summed E-state index contributed by atoms with van der Waals surface area (Å²) in [6.45, 7) is 0.844. The number of ether oxygens (including phenoxy) is 3. The smallest absolute Gasteiger partial charge is 0.203 e. The lowest BCUT2D eigenvalue weighted by atomic mass is 10.2. The number of methoxy groups -OCH3 is 3. The first-order valence-corrected chi connectivity index (χ1v) is 10.3. The zero-order chi connectivity index (χ0) is 21.5. The quantitative estimate of drug-likeness (QED) is 0.221. The number of nitrogens with one attached hydrogen (secondary N) is 2. The molecule has 9 heteroatoms. The van der Waals surface area contributed by atoms with Crippen molar-refractivity contribution in [1.29, 1.82) is 0 Å². The van der Waals surface area contributed by atoms with Crippen LogP contribution >= 0.6 is 35.3 Å². The number of benzene rings is 2. The molecule has 168 valence electrons. The number of fused-ring (bicyclic) bond motifs is 1. The van der Waals surface area contributed by atoms with Gasteiger partial charge < -0.3 is 30.0 Å². The lowest BCUT2D eigenvalue weighted by Crippen LogP contribution is -2.38. The number of halogens is 1. The van der Waals surface area contributed by atoms with E-state index in [4.69, 9.17) is 14.2 Å². The Hall–Kier alpha value is -2.24. The van der Waals surface area contributed by atoms with E-state index in [0.29, 0.717) is 36.3 Å². The lowest BCUT2D eigenvalue weighted by Gasteiger charge is -2.17. The molecule has 1 unspecified atom stereocenters. The number of guanidine groups is 1. The molecule has 31 heavy (non-hydrogen) atoms. The number of thiophene rings is 1. The van der Waals surface area contributed by atoms with Gasteiger partial charge in [-0.25, -0.2) is 0 Å². The molecule has 3 rings (SSSR count). The Bertz CT molecular complexity index is 967. The number of nitrogens with zero attached hydrogens (tertiary/aromatic N) is 1. The van der Waals surface area contributed by atoms with Crippen LogP contribution in [0.4, 0.5) is 0 Å². The molecule has 7 nitrogen and oxygen atoms in total. The maximum absolute atomic E-state index is 10.6. The summed E-state index contributed by atoms with van der Waals surface area (Å²) in [5.74, 6) is 2.33. The minimum atomic E-state index is -0.623. The first-order valence-electron chi connectivity index (χ1n) is 9.49. The topological polar surface area (TPSA) is 84.3 Å². The van der Waals surface area contributed by atoms with E-state index in [0.717, 1.165) is 20.5 Å². The van der Waals surface area contributed by atoms with Crippen molar-refractivity contribution in [3.63, 3.8) is 0 Å². The van der Waals surface area contributed by atoms with Crippen LogP contribution in [0.25, 0.3) is 10.1 Å². The van der Waals surface area contributed by atoms with Crippen molar-refractivity contribution in [2.24, 2.45) is 4.99 Å². The van der Waals surface area contributed by atoms with Crippen LogP contribution in [0.1, 0.15) is 16.5 Å². The van der Waals surface area contributed by atoms with Crippen molar-refractivity contribution in [2.75, 3.05) is 34.9 Å². The van der Waals surface area contributed by atoms with Crippen LogP contribution < -0.4 is 24.8 Å². The van der Waals surface area contributed by atoms with Gasteiger partial charge in [-0.3, -0.25) is 4.99 Å². The van der Waals surface area contributed by atoms with Gasteiger partial charge in [0.25, 0.3) is 0 Å². The SMILES string of the molecule is CN=C(NCc1cc(OC)c(OC)c(OC)c1)NCC(O)c1cc2ccccc2s1.I. The molecular weight excluding hydrogens is 529 g/mol. The molecule has 1 heterocycles. The third-order valence-corrected chi connectivity index (χ3v) is 5.86. The van der Waals surface area contributed by atoms with Gasteiger partial charge in [-0.15, -0.1) is 35.3 Å². The Morgan fingerprint density at radius 3 is 2.29 bits per heavy atom. The second kappa shape index (κ2) is 12.0. The van der Waals surface area contributed by atoms with E-state index in [1.54, 1.807) is 39.7 Å². The largest absolute Gasteiger partial charge is 0.493 e. The summed E-state index contributed by atoms with van der Waals surface area (Å²) >= 11 is 1.60. The van der Waals surface area contributed by atoms with Crippen LogP contribution in [0.15, 0.2) is 47.5 Å². The fraction of sp³-hybridized carbons (Fsp3) is 0.318. The molecule has 0 amide bonds. The lowest BCUT2D eigenvalue weighted by molar-refractivity contribution is 0.184. The highest BCUT2D eigenvalue weighted by Gasteiger charge is 2.14. The van der Waals surface area contributed by atoms with Crippen LogP contribution in [0.5, 0.6) is 17.2 Å². The molecule has 0 saturated heterocycles. The highest BCUT2D eigenvalue weighted by atomic mass is 127. The summed E-state index contributed by atoms with van der Waals surface area (Å²) < 4.78 is 17.3. The van der Waals surface area contributed by atoms with Crippen molar-refractivity contribution in [3.05, 3.63) is 52.9 Å². The highest BCUT2D eigenvalue weighted by Crippen LogP contribution is 2.38. The van der Waals surface area contributed by atoms with Gasteiger partial charge in [0.2, 0.25) is 5.75 Å².